The molecule has 0 aromatic heterocycles. The molecule has 0 aliphatic heterocycles. The number of phosphoric acid groups is 2. The summed E-state index contributed by atoms with van der Waals surface area (Å²) in [6.07, 6.45) is 66.7. The zero-order valence-corrected chi connectivity index (χ0v) is 72.6. The molecule has 0 rings (SSSR count). The molecule has 0 radical (unpaired) electrons. The van der Waals surface area contributed by atoms with Crippen LogP contribution in [0.25, 0.3) is 0 Å². The van der Waals surface area contributed by atoms with Crippen molar-refractivity contribution in [2.45, 2.75) is 478 Å². The highest BCUT2D eigenvalue weighted by Gasteiger charge is 2.31. The van der Waals surface area contributed by atoms with Crippen LogP contribution in [0.3, 0.4) is 0 Å². The largest absolute Gasteiger partial charge is 0.472 e. The Morgan fingerprint density at radius 2 is 0.449 bits per heavy atom. The van der Waals surface area contributed by atoms with E-state index in [1.54, 1.807) is 0 Å². The van der Waals surface area contributed by atoms with Crippen molar-refractivity contribution in [1.82, 2.24) is 0 Å². The summed E-state index contributed by atoms with van der Waals surface area (Å²) in [5.74, 6) is 1.07. The van der Waals surface area contributed by atoms with Gasteiger partial charge < -0.3 is 33.8 Å². The number of rotatable bonds is 85. The first-order valence-electron chi connectivity index (χ1n) is 45.2. The SMILES string of the molecule is CCC(C)CCCCCCCCCCCCCCCCCCCCC(=O)O[C@H](COC(=O)CCCCCCCCCC(C)C)COP(=O)(O)OCC(O)COP(=O)(O)OC[C@@H](COC(=O)CCCCCCCCCCCCCCCCCCC(C)C)OC(=O)CCCCCCCCCCCCCCCC(C)C. The third-order valence-corrected chi connectivity index (χ3v) is 22.8. The average molecular weight is 1560 g/mol. The van der Waals surface area contributed by atoms with Gasteiger partial charge in [-0.05, 0) is 49.4 Å². The highest BCUT2D eigenvalue weighted by Crippen LogP contribution is 2.45. The molecule has 0 aliphatic rings. The molecule has 0 saturated heterocycles. The van der Waals surface area contributed by atoms with E-state index in [0.29, 0.717) is 31.6 Å². The van der Waals surface area contributed by atoms with Gasteiger partial charge in [0.25, 0.3) is 0 Å². The molecule has 6 atom stereocenters. The number of aliphatic hydroxyl groups is 1. The molecular weight excluding hydrogens is 1390 g/mol. The molecule has 636 valence electrons. The minimum atomic E-state index is -4.97. The van der Waals surface area contributed by atoms with Crippen molar-refractivity contribution in [1.29, 1.82) is 0 Å². The van der Waals surface area contributed by atoms with E-state index < -0.39 is 97.5 Å². The molecule has 0 bridgehead atoms. The smallest absolute Gasteiger partial charge is 0.462 e. The summed E-state index contributed by atoms with van der Waals surface area (Å²) >= 11 is 0. The van der Waals surface area contributed by atoms with Crippen molar-refractivity contribution in [3.63, 3.8) is 0 Å². The van der Waals surface area contributed by atoms with E-state index >= 15 is 0 Å². The molecule has 107 heavy (non-hydrogen) atoms. The highest BCUT2D eigenvalue weighted by atomic mass is 31.2. The van der Waals surface area contributed by atoms with Gasteiger partial charge in [0.15, 0.2) is 12.2 Å². The number of hydrogen-bond acceptors (Lipinski definition) is 15. The van der Waals surface area contributed by atoms with Gasteiger partial charge in [-0.15, -0.1) is 0 Å². The first-order chi connectivity index (χ1) is 51.6. The lowest BCUT2D eigenvalue weighted by atomic mass is 9.99. The van der Waals surface area contributed by atoms with Crippen molar-refractivity contribution in [3.05, 3.63) is 0 Å². The Morgan fingerprint density at radius 3 is 0.664 bits per heavy atom. The van der Waals surface area contributed by atoms with Crippen LogP contribution >= 0.6 is 15.6 Å². The minimum Gasteiger partial charge on any atom is -0.462 e. The summed E-state index contributed by atoms with van der Waals surface area (Å²) in [7, 11) is -9.93. The fraction of sp³-hybridized carbons (Fsp3) is 0.955. The van der Waals surface area contributed by atoms with Gasteiger partial charge in [-0.1, -0.05) is 409 Å². The van der Waals surface area contributed by atoms with Crippen LogP contribution in [-0.4, -0.2) is 96.7 Å². The molecule has 0 aromatic carbocycles. The monoisotopic (exact) mass is 1560 g/mol. The van der Waals surface area contributed by atoms with Gasteiger partial charge in [0.2, 0.25) is 0 Å². The third kappa shape index (κ3) is 80.5. The number of ether oxygens (including phenoxy) is 4. The lowest BCUT2D eigenvalue weighted by Crippen LogP contribution is -2.30. The number of carbonyl (C=O) groups excluding carboxylic acids is 4. The summed E-state index contributed by atoms with van der Waals surface area (Å²) in [5.41, 5.74) is 0. The molecule has 19 heteroatoms. The minimum absolute atomic E-state index is 0.107. The normalized spacial score (nSPS) is 14.1. The van der Waals surface area contributed by atoms with Gasteiger partial charge >= 0.3 is 39.5 Å². The van der Waals surface area contributed by atoms with Gasteiger partial charge in [-0.25, -0.2) is 9.13 Å². The Labute approximate surface area is 658 Å². The van der Waals surface area contributed by atoms with Crippen molar-refractivity contribution in [3.8, 4) is 0 Å². The molecule has 0 aliphatic carbocycles. The van der Waals surface area contributed by atoms with Crippen LogP contribution in [0.4, 0.5) is 0 Å². The van der Waals surface area contributed by atoms with E-state index in [9.17, 15) is 43.2 Å². The maximum atomic E-state index is 13.1. The van der Waals surface area contributed by atoms with Gasteiger partial charge in [-0.2, -0.15) is 0 Å². The number of aliphatic hydroxyl groups excluding tert-OH is 1. The van der Waals surface area contributed by atoms with Crippen molar-refractivity contribution in [2.75, 3.05) is 39.6 Å². The van der Waals surface area contributed by atoms with Crippen LogP contribution in [-0.2, 0) is 65.4 Å². The first-order valence-corrected chi connectivity index (χ1v) is 48.2. The molecule has 0 heterocycles. The van der Waals surface area contributed by atoms with Gasteiger partial charge in [0, 0.05) is 25.7 Å². The summed E-state index contributed by atoms with van der Waals surface area (Å²) in [6, 6.07) is 0. The Hall–Kier alpha value is -1.94. The van der Waals surface area contributed by atoms with Gasteiger partial charge in [0.05, 0.1) is 26.4 Å². The lowest BCUT2D eigenvalue weighted by molar-refractivity contribution is -0.161. The molecule has 0 aromatic rings. The Morgan fingerprint density at radius 1 is 0.262 bits per heavy atom. The number of unbranched alkanes of at least 4 members (excludes halogenated alkanes) is 50. The van der Waals surface area contributed by atoms with Crippen LogP contribution in [0.1, 0.15) is 460 Å². The van der Waals surface area contributed by atoms with Crippen molar-refractivity contribution < 1.29 is 80.2 Å². The van der Waals surface area contributed by atoms with Crippen LogP contribution in [0.2, 0.25) is 0 Å². The van der Waals surface area contributed by atoms with E-state index in [4.69, 9.17) is 37.0 Å². The number of phosphoric ester groups is 2. The van der Waals surface area contributed by atoms with E-state index in [1.807, 2.05) is 0 Å². The fourth-order valence-corrected chi connectivity index (χ4v) is 15.2. The first kappa shape index (κ1) is 105. The second-order valence-corrected chi connectivity index (χ2v) is 36.2. The molecule has 0 saturated carbocycles. The second kappa shape index (κ2) is 76.7. The van der Waals surface area contributed by atoms with Gasteiger partial charge in [-0.3, -0.25) is 37.3 Å². The third-order valence-electron chi connectivity index (χ3n) is 20.9. The Kier molecular flexibility index (Phi) is 75.3. The van der Waals surface area contributed by atoms with Crippen LogP contribution in [0.5, 0.6) is 0 Å². The van der Waals surface area contributed by atoms with E-state index in [-0.39, 0.29) is 25.7 Å². The van der Waals surface area contributed by atoms with Crippen LogP contribution in [0.15, 0.2) is 0 Å². The molecule has 3 N–H and O–H groups in total. The zero-order chi connectivity index (χ0) is 78.8. The molecule has 0 amide bonds. The standard InChI is InChI=1S/C88H172O17P2/c1-9-81(8)67-59-51-43-35-29-23-17-12-10-11-13-19-25-31-37-45-54-62-70-88(93)105-84(75-99-86(91)69-61-53-47-39-42-50-58-66-80(6)7)77-103-107(96,97)101-73-82(89)72-100-106(94,95)102-76-83(104-87(92)71-63-55-46-38-32-26-20-22-28-34-41-49-57-65-79(4)5)74-98-85(90)68-60-52-44-36-30-24-18-15-14-16-21-27-33-40-48-56-64-78(2)3/h78-84,89H,9-77H2,1-8H3,(H,94,95)(H,96,97)/t81?,82?,83-,84-/m1/s1. The van der Waals surface area contributed by atoms with Crippen molar-refractivity contribution >= 4 is 39.5 Å². The quantitative estimate of drug-likeness (QED) is 0.0222. The molecule has 17 nitrogen and oxygen atoms in total. The fourth-order valence-electron chi connectivity index (χ4n) is 13.6. The predicted molar refractivity (Wildman–Crippen MR) is 441 cm³/mol. The maximum absolute atomic E-state index is 13.1. The summed E-state index contributed by atoms with van der Waals surface area (Å²) in [5, 5.41) is 10.7. The van der Waals surface area contributed by atoms with E-state index in [2.05, 4.69) is 55.4 Å². The summed E-state index contributed by atoms with van der Waals surface area (Å²) in [6.45, 7) is 14.4. The van der Waals surface area contributed by atoms with Crippen LogP contribution in [0, 0.1) is 23.7 Å². The summed E-state index contributed by atoms with van der Waals surface area (Å²) < 4.78 is 68.9. The number of hydrogen-bond donors (Lipinski definition) is 3. The predicted octanol–water partition coefficient (Wildman–Crippen LogP) is 26.7. The van der Waals surface area contributed by atoms with Crippen LogP contribution < -0.4 is 0 Å². The Balaban J connectivity index is 5.20. The second-order valence-electron chi connectivity index (χ2n) is 33.3. The average Bonchev–Trinajstić information content (AvgIpc) is 0.901. The lowest BCUT2D eigenvalue weighted by Gasteiger charge is -2.21. The molecule has 0 spiro atoms. The Bertz CT molecular complexity index is 2080. The highest BCUT2D eigenvalue weighted by molar-refractivity contribution is 7.47. The number of carbonyl (C=O) groups is 4. The topological polar surface area (TPSA) is 237 Å². The van der Waals surface area contributed by atoms with E-state index in [0.717, 1.165) is 114 Å². The molecule has 4 unspecified atom stereocenters. The number of esters is 4. The van der Waals surface area contributed by atoms with E-state index in [1.165, 1.54) is 257 Å². The van der Waals surface area contributed by atoms with Crippen molar-refractivity contribution in [2.24, 2.45) is 23.7 Å². The molecule has 0 fully saturated rings. The van der Waals surface area contributed by atoms with Gasteiger partial charge in [0.1, 0.15) is 19.3 Å². The zero-order valence-electron chi connectivity index (χ0n) is 70.8. The summed E-state index contributed by atoms with van der Waals surface area (Å²) in [4.78, 5) is 73.3. The maximum Gasteiger partial charge on any atom is 0.472 e. The molecular formula is C88H172O17P2.